The lowest BCUT2D eigenvalue weighted by Gasteiger charge is -1.99. The van der Waals surface area contributed by atoms with Gasteiger partial charge in [0.25, 0.3) is 0 Å². The highest BCUT2D eigenvalue weighted by Crippen LogP contribution is 2.17. The molecule has 3 aromatic rings. The van der Waals surface area contributed by atoms with E-state index in [0.717, 1.165) is 5.52 Å². The first-order chi connectivity index (χ1) is 7.34. The Morgan fingerprint density at radius 2 is 2.27 bits per heavy atom. The number of hydrogen-bond donors (Lipinski definition) is 0. The highest BCUT2D eigenvalue weighted by Gasteiger charge is 2.08. The Kier molecular flexibility index (Phi) is 1.72. The van der Waals surface area contributed by atoms with Crippen LogP contribution in [-0.4, -0.2) is 19.7 Å². The summed E-state index contributed by atoms with van der Waals surface area (Å²) in [5.74, 6) is 0.617. The average Bonchev–Trinajstić information content (AvgIpc) is 2.77. The Balaban J connectivity index is 2.26. The molecule has 3 rings (SSSR count). The van der Waals surface area contributed by atoms with E-state index in [1.165, 1.54) is 0 Å². The average molecular weight is 221 g/mol. The summed E-state index contributed by atoms with van der Waals surface area (Å²) in [6.45, 7) is 0. The summed E-state index contributed by atoms with van der Waals surface area (Å²) in [7, 11) is 0. The summed E-state index contributed by atoms with van der Waals surface area (Å²) < 4.78 is 6.84. The van der Waals surface area contributed by atoms with Gasteiger partial charge in [0.2, 0.25) is 5.28 Å². The molecule has 0 saturated carbocycles. The smallest absolute Gasteiger partial charge is 0.224 e. The zero-order valence-electron chi connectivity index (χ0n) is 7.46. The van der Waals surface area contributed by atoms with Crippen LogP contribution in [-0.2, 0) is 0 Å². The van der Waals surface area contributed by atoms with E-state index in [4.69, 9.17) is 16.0 Å². The van der Waals surface area contributed by atoms with Crippen LogP contribution >= 0.6 is 11.6 Å². The van der Waals surface area contributed by atoms with Crippen molar-refractivity contribution in [1.29, 1.82) is 0 Å². The van der Waals surface area contributed by atoms with E-state index in [1.807, 2.05) is 6.07 Å². The number of aromatic nitrogens is 4. The van der Waals surface area contributed by atoms with Crippen molar-refractivity contribution in [3.63, 3.8) is 0 Å². The van der Waals surface area contributed by atoms with Crippen molar-refractivity contribution in [1.82, 2.24) is 19.7 Å². The molecule has 0 bridgehead atoms. The number of halogens is 1. The highest BCUT2D eigenvalue weighted by molar-refractivity contribution is 6.28. The first-order valence-electron chi connectivity index (χ1n) is 4.25. The molecule has 3 aromatic heterocycles. The lowest BCUT2D eigenvalue weighted by Crippen LogP contribution is -1.99. The molecule has 0 unspecified atom stereocenters. The molecule has 0 amide bonds. The maximum absolute atomic E-state index is 5.70. The fourth-order valence-corrected chi connectivity index (χ4v) is 1.53. The second-order valence-corrected chi connectivity index (χ2v) is 3.25. The molecule has 5 nitrogen and oxygen atoms in total. The lowest BCUT2D eigenvalue weighted by atomic mass is 10.5. The molecular weight excluding hydrogens is 216 g/mol. The minimum absolute atomic E-state index is 0.194. The van der Waals surface area contributed by atoms with E-state index in [9.17, 15) is 0 Å². The van der Waals surface area contributed by atoms with Crippen LogP contribution in [0.4, 0.5) is 0 Å². The minimum atomic E-state index is 0.194. The van der Waals surface area contributed by atoms with Crippen LogP contribution in [0, 0.1) is 0 Å². The van der Waals surface area contributed by atoms with Crippen molar-refractivity contribution in [2.75, 3.05) is 0 Å². The number of rotatable bonds is 1. The van der Waals surface area contributed by atoms with Crippen molar-refractivity contribution in [3.05, 3.63) is 36.1 Å². The number of furan rings is 1. The van der Waals surface area contributed by atoms with Crippen molar-refractivity contribution in [3.8, 4) is 5.82 Å². The molecule has 74 valence electrons. The molecular formula is C9H5ClN4O. The van der Waals surface area contributed by atoms with Gasteiger partial charge in [-0.25, -0.2) is 9.67 Å². The molecule has 0 spiro atoms. The molecule has 0 aromatic carbocycles. The second-order valence-electron chi connectivity index (χ2n) is 2.91. The fraction of sp³-hybridized carbons (Fsp3) is 0. The Hall–Kier alpha value is -1.88. The Bertz CT molecular complexity index is 615. The van der Waals surface area contributed by atoms with Crippen LogP contribution in [0.2, 0.25) is 5.28 Å². The predicted octanol–water partition coefficient (Wildman–Crippen LogP) is 2.06. The fourth-order valence-electron chi connectivity index (χ4n) is 1.38. The van der Waals surface area contributed by atoms with E-state index in [1.54, 1.807) is 29.4 Å². The summed E-state index contributed by atoms with van der Waals surface area (Å²) in [5.41, 5.74) is 1.56. The van der Waals surface area contributed by atoms with Crippen molar-refractivity contribution >= 4 is 22.7 Å². The van der Waals surface area contributed by atoms with E-state index in [-0.39, 0.29) is 5.28 Å². The van der Waals surface area contributed by atoms with Gasteiger partial charge < -0.3 is 4.42 Å². The van der Waals surface area contributed by atoms with Gasteiger partial charge in [-0.1, -0.05) is 0 Å². The van der Waals surface area contributed by atoms with Crippen LogP contribution in [0.3, 0.4) is 0 Å². The first kappa shape index (κ1) is 8.43. The maximum atomic E-state index is 5.70. The van der Waals surface area contributed by atoms with Crippen molar-refractivity contribution in [2.45, 2.75) is 0 Å². The van der Waals surface area contributed by atoms with Gasteiger partial charge >= 0.3 is 0 Å². The topological polar surface area (TPSA) is 56.7 Å². The van der Waals surface area contributed by atoms with Crippen LogP contribution in [0.15, 0.2) is 35.2 Å². The van der Waals surface area contributed by atoms with E-state index >= 15 is 0 Å². The van der Waals surface area contributed by atoms with Crippen molar-refractivity contribution < 1.29 is 4.42 Å². The van der Waals surface area contributed by atoms with Gasteiger partial charge in [0, 0.05) is 18.3 Å². The Morgan fingerprint density at radius 1 is 1.33 bits per heavy atom. The standard InChI is InChI=1S/C9H5ClN4O/c10-9-11-3-1-8(13-9)14-6-2-4-15-7(6)5-12-14/h1-5H. The predicted molar refractivity (Wildman–Crippen MR) is 53.9 cm³/mol. The molecule has 0 N–H and O–H groups in total. The Labute approximate surface area is 89.3 Å². The Morgan fingerprint density at radius 3 is 3.13 bits per heavy atom. The van der Waals surface area contributed by atoms with Gasteiger partial charge in [0.05, 0.1) is 12.5 Å². The van der Waals surface area contributed by atoms with Gasteiger partial charge in [-0.05, 0) is 11.6 Å². The molecule has 6 heteroatoms. The molecule has 0 aliphatic heterocycles. The normalized spacial score (nSPS) is 11.0. The molecule has 0 fully saturated rings. The third kappa shape index (κ3) is 1.28. The van der Waals surface area contributed by atoms with Gasteiger partial charge in [0.1, 0.15) is 5.52 Å². The van der Waals surface area contributed by atoms with Crippen LogP contribution < -0.4 is 0 Å². The second kappa shape index (κ2) is 3.06. The van der Waals surface area contributed by atoms with Gasteiger partial charge in [-0.2, -0.15) is 10.1 Å². The molecule has 15 heavy (non-hydrogen) atoms. The molecule has 3 heterocycles. The van der Waals surface area contributed by atoms with Gasteiger partial charge in [-0.3, -0.25) is 0 Å². The highest BCUT2D eigenvalue weighted by atomic mass is 35.5. The minimum Gasteiger partial charge on any atom is -0.461 e. The van der Waals surface area contributed by atoms with E-state index < -0.39 is 0 Å². The zero-order valence-corrected chi connectivity index (χ0v) is 8.22. The van der Waals surface area contributed by atoms with Gasteiger partial charge in [0.15, 0.2) is 11.4 Å². The monoisotopic (exact) mass is 220 g/mol. The van der Waals surface area contributed by atoms with Crippen LogP contribution in [0.25, 0.3) is 16.9 Å². The molecule has 0 aliphatic carbocycles. The summed E-state index contributed by atoms with van der Waals surface area (Å²) in [6.07, 6.45) is 4.81. The lowest BCUT2D eigenvalue weighted by molar-refractivity contribution is 0.615. The first-order valence-corrected chi connectivity index (χ1v) is 4.62. The largest absolute Gasteiger partial charge is 0.461 e. The number of fused-ring (bicyclic) bond motifs is 1. The summed E-state index contributed by atoms with van der Waals surface area (Å²) in [6, 6.07) is 3.55. The third-order valence-electron chi connectivity index (χ3n) is 2.02. The van der Waals surface area contributed by atoms with Crippen LogP contribution in [0.5, 0.6) is 0 Å². The number of hydrogen-bond acceptors (Lipinski definition) is 4. The summed E-state index contributed by atoms with van der Waals surface area (Å²) in [5, 5.41) is 4.33. The SMILES string of the molecule is Clc1nccc(-n2ncc3occc32)n1. The summed E-state index contributed by atoms with van der Waals surface area (Å²) in [4.78, 5) is 7.87. The van der Waals surface area contributed by atoms with Crippen LogP contribution in [0.1, 0.15) is 0 Å². The zero-order chi connectivity index (χ0) is 10.3. The third-order valence-corrected chi connectivity index (χ3v) is 2.20. The van der Waals surface area contributed by atoms with Gasteiger partial charge in [-0.15, -0.1) is 0 Å². The molecule has 0 aliphatic rings. The van der Waals surface area contributed by atoms with Crippen molar-refractivity contribution in [2.24, 2.45) is 0 Å². The van der Waals surface area contributed by atoms with E-state index in [0.29, 0.717) is 11.4 Å². The number of nitrogens with zero attached hydrogens (tertiary/aromatic N) is 4. The molecule has 0 atom stereocenters. The maximum Gasteiger partial charge on any atom is 0.224 e. The molecule has 0 saturated heterocycles. The summed E-state index contributed by atoms with van der Waals surface area (Å²) >= 11 is 5.70. The molecule has 0 radical (unpaired) electrons. The van der Waals surface area contributed by atoms with E-state index in [2.05, 4.69) is 15.1 Å². The quantitative estimate of drug-likeness (QED) is 0.589.